The van der Waals surface area contributed by atoms with Crippen LogP contribution in [0.5, 0.6) is 11.8 Å². The van der Waals surface area contributed by atoms with Gasteiger partial charge in [0.15, 0.2) is 0 Å². The molecule has 1 N–H and O–H groups in total. The maximum Gasteiger partial charge on any atom is 0.316 e. The van der Waals surface area contributed by atoms with Crippen molar-refractivity contribution in [3.8, 4) is 11.8 Å². The molecule has 0 saturated carbocycles. The molecular weight excluding hydrogens is 707 g/mol. The van der Waals surface area contributed by atoms with Gasteiger partial charge in [-0.1, -0.05) is 48.5 Å². The number of fused-ring (bicyclic) bond motifs is 2. The molecule has 0 aliphatic carbocycles. The second-order valence-electron chi connectivity index (χ2n) is 14.2. The first-order valence-electron chi connectivity index (χ1n) is 18.3. The molecule has 13 nitrogen and oxygen atoms in total. The minimum atomic E-state index is -3.87. The molecule has 0 saturated heterocycles. The molecule has 1 aliphatic heterocycles. The fourth-order valence-electron chi connectivity index (χ4n) is 7.06. The van der Waals surface area contributed by atoms with E-state index in [-0.39, 0.29) is 41.6 Å². The third-order valence-corrected chi connectivity index (χ3v) is 11.9. The van der Waals surface area contributed by atoms with Gasteiger partial charge >= 0.3 is 6.01 Å². The fraction of sp³-hybridized carbons (Fsp3) is 0.425. The molecule has 1 aliphatic rings. The van der Waals surface area contributed by atoms with Crippen LogP contribution in [-0.2, 0) is 27.8 Å². The molecule has 54 heavy (non-hydrogen) atoms. The van der Waals surface area contributed by atoms with Crippen LogP contribution in [0.4, 0.5) is 0 Å². The number of nitrogens with one attached hydrogen (secondary N) is 1. The zero-order valence-electron chi connectivity index (χ0n) is 32.0. The van der Waals surface area contributed by atoms with E-state index in [2.05, 4.69) is 37.7 Å². The topological polar surface area (TPSA) is 151 Å². The normalized spacial score (nSPS) is 16.3. The molecule has 1 amide bonds. The number of hydrogen-bond acceptors (Lipinski definition) is 10. The van der Waals surface area contributed by atoms with E-state index in [1.807, 2.05) is 64.4 Å². The van der Waals surface area contributed by atoms with Gasteiger partial charge in [0.05, 0.1) is 24.2 Å². The van der Waals surface area contributed by atoms with Gasteiger partial charge in [-0.2, -0.15) is 4.31 Å². The molecule has 3 heterocycles. The predicted octanol–water partition coefficient (Wildman–Crippen LogP) is 5.98. The number of rotatable bonds is 14. The zero-order chi connectivity index (χ0) is 38.6. The van der Waals surface area contributed by atoms with Gasteiger partial charge in [0.25, 0.3) is 5.91 Å². The van der Waals surface area contributed by atoms with Crippen molar-refractivity contribution >= 4 is 27.0 Å². The molecule has 14 heteroatoms. The van der Waals surface area contributed by atoms with E-state index < -0.39 is 21.5 Å². The van der Waals surface area contributed by atoms with Gasteiger partial charge in [-0.05, 0) is 87.1 Å². The Morgan fingerprint density at radius 3 is 2.54 bits per heavy atom. The molecule has 0 fully saturated rings. The van der Waals surface area contributed by atoms with Crippen LogP contribution in [0.3, 0.4) is 0 Å². The summed E-state index contributed by atoms with van der Waals surface area (Å²) in [5.41, 5.74) is 5.70. The van der Waals surface area contributed by atoms with E-state index in [1.165, 1.54) is 16.7 Å². The Balaban J connectivity index is 1.38. The third-order valence-electron chi connectivity index (χ3n) is 10.0. The van der Waals surface area contributed by atoms with Crippen molar-refractivity contribution in [3.05, 3.63) is 100 Å². The van der Waals surface area contributed by atoms with E-state index in [0.717, 1.165) is 38.9 Å². The predicted molar refractivity (Wildman–Crippen MR) is 205 cm³/mol. The van der Waals surface area contributed by atoms with E-state index in [0.29, 0.717) is 38.3 Å². The lowest BCUT2D eigenvalue weighted by Crippen LogP contribution is -2.48. The number of amides is 1. The Labute approximate surface area is 317 Å². The summed E-state index contributed by atoms with van der Waals surface area (Å²) >= 11 is 0. The molecule has 1 unspecified atom stereocenters. The van der Waals surface area contributed by atoms with Crippen molar-refractivity contribution in [2.45, 2.75) is 89.9 Å². The number of nitrogens with zero attached hydrogens (tertiary/aromatic N) is 6. The van der Waals surface area contributed by atoms with Crippen LogP contribution in [-0.4, -0.2) is 82.1 Å². The summed E-state index contributed by atoms with van der Waals surface area (Å²) in [4.78, 5) is 22.5. The van der Waals surface area contributed by atoms with Gasteiger partial charge in [0.1, 0.15) is 22.3 Å². The summed E-state index contributed by atoms with van der Waals surface area (Å²) in [6.45, 7) is 14.0. The summed E-state index contributed by atoms with van der Waals surface area (Å²) in [7, 11) is -2.24. The Morgan fingerprint density at radius 2 is 1.81 bits per heavy atom. The van der Waals surface area contributed by atoms with E-state index in [4.69, 9.17) is 14.2 Å². The number of aryl methyl sites for hydroxylation is 3. The highest BCUT2D eigenvalue weighted by Gasteiger charge is 2.38. The highest BCUT2D eigenvalue weighted by Crippen LogP contribution is 2.40. The largest absolute Gasteiger partial charge is 0.488 e. The summed E-state index contributed by atoms with van der Waals surface area (Å²) in [6, 6.07) is 17.2. The first-order chi connectivity index (χ1) is 25.9. The number of benzene rings is 3. The SMILES string of the molecule is CC[C@@H]1CN(Cc2cc(C(c3ccc4c(nnn4CC)c3C)C(C)(C)NC(=O)c3cnc(OCCCOC)nc3)ccc2C)S(=O)(=O)c2ccccc2O1. The number of para-hydroxylation sites is 1. The van der Waals surface area contributed by atoms with Crippen LogP contribution in [0.2, 0.25) is 0 Å². The highest BCUT2D eigenvalue weighted by atomic mass is 32.2. The first kappa shape index (κ1) is 38.8. The lowest BCUT2D eigenvalue weighted by molar-refractivity contribution is 0.0904. The van der Waals surface area contributed by atoms with E-state index >= 15 is 0 Å². The van der Waals surface area contributed by atoms with Gasteiger partial charge in [-0.3, -0.25) is 4.79 Å². The summed E-state index contributed by atoms with van der Waals surface area (Å²) in [5.74, 6) is -0.372. The van der Waals surface area contributed by atoms with Crippen LogP contribution in [0.15, 0.2) is 71.9 Å². The second-order valence-corrected chi connectivity index (χ2v) is 16.1. The van der Waals surface area contributed by atoms with Crippen LogP contribution >= 0.6 is 0 Å². The maximum atomic E-state index is 14.1. The lowest BCUT2D eigenvalue weighted by atomic mass is 9.74. The Hall–Kier alpha value is -4.92. The number of carbonyl (C=O) groups is 1. The minimum Gasteiger partial charge on any atom is -0.488 e. The molecule has 5 aromatic rings. The average molecular weight is 756 g/mol. The molecule has 2 atom stereocenters. The van der Waals surface area contributed by atoms with Crippen molar-refractivity contribution in [2.24, 2.45) is 0 Å². The van der Waals surface area contributed by atoms with Crippen molar-refractivity contribution in [3.63, 3.8) is 0 Å². The maximum absolute atomic E-state index is 14.1. The molecule has 0 spiro atoms. The number of methoxy groups -OCH3 is 1. The van der Waals surface area contributed by atoms with Gasteiger partial charge in [-0.25, -0.2) is 23.1 Å². The molecule has 3 aromatic carbocycles. The minimum absolute atomic E-state index is 0.149. The number of aromatic nitrogens is 5. The number of sulfonamides is 1. The molecule has 0 radical (unpaired) electrons. The quantitative estimate of drug-likeness (QED) is 0.134. The highest BCUT2D eigenvalue weighted by molar-refractivity contribution is 7.89. The average Bonchev–Trinajstić information content (AvgIpc) is 3.55. The molecule has 0 bridgehead atoms. The van der Waals surface area contributed by atoms with Crippen LogP contribution in [0.1, 0.15) is 84.6 Å². The Morgan fingerprint density at radius 1 is 1.06 bits per heavy atom. The van der Waals surface area contributed by atoms with E-state index in [1.54, 1.807) is 31.4 Å². The Bertz CT molecular complexity index is 2220. The first-order valence-corrected chi connectivity index (χ1v) is 19.8. The fourth-order valence-corrected chi connectivity index (χ4v) is 8.63. The standard InChI is InChI=1S/C40H49N7O6S/c1-8-31-25-46(54(49,50)35-14-11-10-13-34(35)53-31)24-29-21-28(16-15-26(29)3)36(32-17-18-33-37(27(32)4)44-45-47(33)9-2)40(5,6)43-38(48)30-22-41-39(42-23-30)52-20-12-19-51-7/h10-11,13-18,21-23,31,36H,8-9,12,19-20,24-25H2,1-7H3,(H,43,48)/t31-,36?/m1/s1. The summed E-state index contributed by atoms with van der Waals surface area (Å²) in [6.07, 6.45) is 3.94. The van der Waals surface area contributed by atoms with Gasteiger partial charge in [0.2, 0.25) is 10.0 Å². The van der Waals surface area contributed by atoms with Crippen LogP contribution in [0.25, 0.3) is 11.0 Å². The van der Waals surface area contributed by atoms with Gasteiger partial charge in [-0.15, -0.1) is 5.10 Å². The van der Waals surface area contributed by atoms with Gasteiger partial charge < -0.3 is 19.5 Å². The smallest absolute Gasteiger partial charge is 0.316 e. The van der Waals surface area contributed by atoms with Crippen LogP contribution in [0, 0.1) is 13.8 Å². The number of carbonyl (C=O) groups excluding carboxylic acids is 1. The second kappa shape index (κ2) is 16.2. The number of ether oxygens (including phenoxy) is 3. The van der Waals surface area contributed by atoms with Crippen molar-refractivity contribution < 1.29 is 27.4 Å². The molecular formula is C40H49N7O6S. The van der Waals surface area contributed by atoms with Gasteiger partial charge in [0, 0.05) is 57.1 Å². The molecule has 286 valence electrons. The van der Waals surface area contributed by atoms with Crippen LogP contribution < -0.4 is 14.8 Å². The van der Waals surface area contributed by atoms with Crippen molar-refractivity contribution in [1.29, 1.82) is 0 Å². The van der Waals surface area contributed by atoms with Crippen molar-refractivity contribution in [2.75, 3.05) is 26.9 Å². The van der Waals surface area contributed by atoms with E-state index in [9.17, 15) is 13.2 Å². The monoisotopic (exact) mass is 755 g/mol. The zero-order valence-corrected chi connectivity index (χ0v) is 32.8. The molecule has 6 rings (SSSR count). The lowest BCUT2D eigenvalue weighted by Gasteiger charge is -2.37. The summed E-state index contributed by atoms with van der Waals surface area (Å²) in [5, 5.41) is 12.2. The van der Waals surface area contributed by atoms with Crippen molar-refractivity contribution in [1.82, 2.24) is 34.6 Å². The number of hydrogen-bond donors (Lipinski definition) is 1. The summed E-state index contributed by atoms with van der Waals surface area (Å²) < 4.78 is 48.4. The third kappa shape index (κ3) is 7.96. The Kier molecular flexibility index (Phi) is 11.6. The molecule has 2 aromatic heterocycles.